The third-order valence-electron chi connectivity index (χ3n) is 2.70. The van der Waals surface area contributed by atoms with Gasteiger partial charge in [-0.25, -0.2) is 4.39 Å². The summed E-state index contributed by atoms with van der Waals surface area (Å²) < 4.78 is 18.3. The molecule has 1 aromatic carbocycles. The van der Waals surface area contributed by atoms with Gasteiger partial charge in [-0.2, -0.15) is 0 Å². The van der Waals surface area contributed by atoms with Crippen LogP contribution in [0.15, 0.2) is 24.3 Å². The lowest BCUT2D eigenvalue weighted by atomic mass is 10.1. The first-order valence-electron chi connectivity index (χ1n) is 5.33. The number of amides is 1. The zero-order valence-electron chi connectivity index (χ0n) is 9.15. The normalized spacial score (nSPS) is 20.9. The van der Waals surface area contributed by atoms with Gasteiger partial charge in [0.2, 0.25) is 0 Å². The highest BCUT2D eigenvalue weighted by Gasteiger charge is 2.24. The van der Waals surface area contributed by atoms with E-state index in [2.05, 4.69) is 0 Å². The van der Waals surface area contributed by atoms with Crippen molar-refractivity contribution >= 4 is 5.91 Å². The minimum absolute atomic E-state index is 0.0458. The van der Waals surface area contributed by atoms with E-state index in [1.807, 2.05) is 6.92 Å². The maximum Gasteiger partial charge on any atom is 0.254 e. The molecule has 0 N–H and O–H groups in total. The van der Waals surface area contributed by atoms with Crippen molar-refractivity contribution in [1.82, 2.24) is 4.90 Å². The number of halogens is 1. The number of carbonyl (C=O) groups excluding carboxylic acids is 1. The molecule has 1 fully saturated rings. The molecule has 1 unspecified atom stereocenters. The summed E-state index contributed by atoms with van der Waals surface area (Å²) >= 11 is 0. The van der Waals surface area contributed by atoms with Crippen molar-refractivity contribution in [3.05, 3.63) is 35.6 Å². The number of nitrogens with zero attached hydrogens (tertiary/aromatic N) is 1. The predicted molar refractivity (Wildman–Crippen MR) is 57.7 cm³/mol. The Balaban J connectivity index is 2.17. The van der Waals surface area contributed by atoms with Crippen LogP contribution < -0.4 is 0 Å². The standard InChI is InChI=1S/C12H14FNO2/c1-9-8-16-6-5-14(9)12(15)10-3-2-4-11(13)7-10/h2-4,7,9H,5-6,8H2,1H3. The Morgan fingerprint density at radius 1 is 1.56 bits per heavy atom. The monoisotopic (exact) mass is 223 g/mol. The van der Waals surface area contributed by atoms with Gasteiger partial charge in [-0.15, -0.1) is 0 Å². The first-order chi connectivity index (χ1) is 7.68. The minimum Gasteiger partial charge on any atom is -0.377 e. The number of hydrogen-bond donors (Lipinski definition) is 0. The maximum absolute atomic E-state index is 13.0. The van der Waals surface area contributed by atoms with Crippen molar-refractivity contribution in [3.63, 3.8) is 0 Å². The molecule has 1 aliphatic rings. The first-order valence-corrected chi connectivity index (χ1v) is 5.33. The highest BCUT2D eigenvalue weighted by atomic mass is 19.1. The Kier molecular flexibility index (Phi) is 3.19. The van der Waals surface area contributed by atoms with Crippen LogP contribution in [0.25, 0.3) is 0 Å². The number of hydrogen-bond acceptors (Lipinski definition) is 2. The molecule has 86 valence electrons. The van der Waals surface area contributed by atoms with E-state index < -0.39 is 0 Å². The number of rotatable bonds is 1. The molecule has 1 atom stereocenters. The van der Waals surface area contributed by atoms with Crippen LogP contribution in [0.1, 0.15) is 17.3 Å². The molecule has 0 aliphatic carbocycles. The Morgan fingerprint density at radius 2 is 2.38 bits per heavy atom. The van der Waals surface area contributed by atoms with Gasteiger partial charge in [0.05, 0.1) is 19.3 Å². The smallest absolute Gasteiger partial charge is 0.254 e. The summed E-state index contributed by atoms with van der Waals surface area (Å²) in [6, 6.07) is 5.83. The van der Waals surface area contributed by atoms with Crippen molar-refractivity contribution in [2.45, 2.75) is 13.0 Å². The highest BCUT2D eigenvalue weighted by Crippen LogP contribution is 2.13. The average molecular weight is 223 g/mol. The highest BCUT2D eigenvalue weighted by molar-refractivity contribution is 5.94. The molecular formula is C12H14FNO2. The number of carbonyl (C=O) groups is 1. The summed E-state index contributed by atoms with van der Waals surface area (Å²) in [5.41, 5.74) is 0.397. The van der Waals surface area contributed by atoms with Gasteiger partial charge in [-0.1, -0.05) is 6.07 Å². The fourth-order valence-electron chi connectivity index (χ4n) is 1.82. The lowest BCUT2D eigenvalue weighted by molar-refractivity contribution is 0.00357. The van der Waals surface area contributed by atoms with Crippen molar-refractivity contribution in [1.29, 1.82) is 0 Å². The molecule has 16 heavy (non-hydrogen) atoms. The zero-order chi connectivity index (χ0) is 11.5. The Hall–Kier alpha value is -1.42. The van der Waals surface area contributed by atoms with Crippen LogP contribution in [0.3, 0.4) is 0 Å². The molecule has 0 saturated carbocycles. The fraction of sp³-hybridized carbons (Fsp3) is 0.417. The van der Waals surface area contributed by atoms with E-state index in [1.165, 1.54) is 12.1 Å². The molecule has 0 spiro atoms. The van der Waals surface area contributed by atoms with Gasteiger partial charge in [-0.05, 0) is 25.1 Å². The molecule has 0 bridgehead atoms. The zero-order valence-corrected chi connectivity index (χ0v) is 9.15. The molecule has 1 aliphatic heterocycles. The van der Waals surface area contributed by atoms with E-state index in [1.54, 1.807) is 17.0 Å². The van der Waals surface area contributed by atoms with E-state index >= 15 is 0 Å². The second kappa shape index (κ2) is 4.61. The van der Waals surface area contributed by atoms with E-state index in [9.17, 15) is 9.18 Å². The van der Waals surface area contributed by atoms with Gasteiger partial charge < -0.3 is 9.64 Å². The Bertz CT molecular complexity index is 394. The van der Waals surface area contributed by atoms with Crippen LogP contribution in [-0.2, 0) is 4.74 Å². The van der Waals surface area contributed by atoms with Crippen LogP contribution in [0, 0.1) is 5.82 Å². The first kappa shape index (κ1) is 11.1. The average Bonchev–Trinajstić information content (AvgIpc) is 2.29. The van der Waals surface area contributed by atoms with Gasteiger partial charge in [0, 0.05) is 12.1 Å². The van der Waals surface area contributed by atoms with E-state index in [-0.39, 0.29) is 17.8 Å². The third kappa shape index (κ3) is 2.22. The van der Waals surface area contributed by atoms with Crippen molar-refractivity contribution < 1.29 is 13.9 Å². The van der Waals surface area contributed by atoms with Crippen LogP contribution in [0.4, 0.5) is 4.39 Å². The SMILES string of the molecule is CC1COCCN1C(=O)c1cccc(F)c1. The Labute approximate surface area is 93.8 Å². The molecule has 0 aromatic heterocycles. The quantitative estimate of drug-likeness (QED) is 0.725. The summed E-state index contributed by atoms with van der Waals surface area (Å²) in [5.74, 6) is -0.512. The summed E-state index contributed by atoms with van der Waals surface area (Å²) in [7, 11) is 0. The van der Waals surface area contributed by atoms with Gasteiger partial charge in [0.1, 0.15) is 5.82 Å². The van der Waals surface area contributed by atoms with Crippen LogP contribution in [0.2, 0.25) is 0 Å². The minimum atomic E-state index is -0.383. The van der Waals surface area contributed by atoms with Gasteiger partial charge in [-0.3, -0.25) is 4.79 Å². The summed E-state index contributed by atoms with van der Waals surface area (Å²) in [4.78, 5) is 13.8. The number of ether oxygens (including phenoxy) is 1. The molecule has 4 heteroatoms. The molecule has 1 heterocycles. The lowest BCUT2D eigenvalue weighted by Crippen LogP contribution is -2.47. The van der Waals surface area contributed by atoms with E-state index in [0.717, 1.165) is 0 Å². The molecule has 3 nitrogen and oxygen atoms in total. The lowest BCUT2D eigenvalue weighted by Gasteiger charge is -2.33. The predicted octanol–water partition coefficient (Wildman–Crippen LogP) is 1.69. The summed E-state index contributed by atoms with van der Waals surface area (Å²) in [6.07, 6.45) is 0. The molecule has 1 saturated heterocycles. The van der Waals surface area contributed by atoms with Crippen molar-refractivity contribution in [2.24, 2.45) is 0 Å². The molecule has 1 aromatic rings. The van der Waals surface area contributed by atoms with Crippen LogP contribution in [0.5, 0.6) is 0 Å². The topological polar surface area (TPSA) is 29.5 Å². The van der Waals surface area contributed by atoms with Gasteiger partial charge in [0.25, 0.3) is 5.91 Å². The molecule has 0 radical (unpaired) electrons. The second-order valence-corrected chi connectivity index (χ2v) is 3.93. The van der Waals surface area contributed by atoms with E-state index in [0.29, 0.717) is 25.3 Å². The largest absolute Gasteiger partial charge is 0.377 e. The maximum atomic E-state index is 13.0. The van der Waals surface area contributed by atoms with E-state index in [4.69, 9.17) is 4.74 Å². The van der Waals surface area contributed by atoms with Gasteiger partial charge in [0.15, 0.2) is 0 Å². The van der Waals surface area contributed by atoms with Gasteiger partial charge >= 0.3 is 0 Å². The summed E-state index contributed by atoms with van der Waals surface area (Å²) in [6.45, 7) is 3.58. The fourth-order valence-corrected chi connectivity index (χ4v) is 1.82. The van der Waals surface area contributed by atoms with Crippen molar-refractivity contribution in [2.75, 3.05) is 19.8 Å². The Morgan fingerprint density at radius 3 is 3.06 bits per heavy atom. The number of morpholine rings is 1. The third-order valence-corrected chi connectivity index (χ3v) is 2.70. The molecular weight excluding hydrogens is 209 g/mol. The second-order valence-electron chi connectivity index (χ2n) is 3.93. The molecule has 1 amide bonds. The van der Waals surface area contributed by atoms with Crippen molar-refractivity contribution in [3.8, 4) is 0 Å². The van der Waals surface area contributed by atoms with Crippen LogP contribution in [-0.4, -0.2) is 36.6 Å². The van der Waals surface area contributed by atoms with Crippen LogP contribution >= 0.6 is 0 Å². The summed E-state index contributed by atoms with van der Waals surface area (Å²) in [5, 5.41) is 0. The number of benzene rings is 1. The molecule has 2 rings (SSSR count).